The molecule has 0 saturated heterocycles. The van der Waals surface area contributed by atoms with E-state index in [9.17, 15) is 5.11 Å². The molecule has 4 rings (SSSR count). The largest absolute Gasteiger partial charge is 0.393 e. The van der Waals surface area contributed by atoms with Crippen LogP contribution >= 0.6 is 0 Å². The molecular weight excluding hydrogens is 340 g/mol. The van der Waals surface area contributed by atoms with E-state index in [2.05, 4.69) is 40.7 Å². The molecule has 4 aliphatic carbocycles. The third kappa shape index (κ3) is 3.42. The van der Waals surface area contributed by atoms with Crippen molar-refractivity contribution in [3.8, 4) is 0 Å². The molecule has 0 aliphatic heterocycles. The Hall–Kier alpha value is -0.300. The van der Waals surface area contributed by atoms with Crippen LogP contribution in [0.1, 0.15) is 105 Å². The third-order valence-electron chi connectivity index (χ3n) is 10.3. The molecule has 0 heterocycles. The molecule has 8 atom stereocenters. The number of fused-ring (bicyclic) bond motifs is 5. The molecule has 1 nitrogen and oxygen atoms in total. The van der Waals surface area contributed by atoms with Gasteiger partial charge in [0.1, 0.15) is 0 Å². The maximum absolute atomic E-state index is 10.2. The zero-order valence-electron chi connectivity index (χ0n) is 19.3. The highest BCUT2D eigenvalue weighted by molar-refractivity contribution is 5.27. The summed E-state index contributed by atoms with van der Waals surface area (Å²) in [5.41, 5.74) is 2.89. The van der Waals surface area contributed by atoms with Gasteiger partial charge in [-0.2, -0.15) is 0 Å². The third-order valence-corrected chi connectivity index (χ3v) is 10.3. The van der Waals surface area contributed by atoms with Gasteiger partial charge in [0.25, 0.3) is 0 Å². The Morgan fingerprint density at radius 2 is 1.68 bits per heavy atom. The van der Waals surface area contributed by atoms with Crippen molar-refractivity contribution in [2.75, 3.05) is 0 Å². The molecule has 0 unspecified atom stereocenters. The average Bonchev–Trinajstić information content (AvgIpc) is 2.99. The molecule has 0 aromatic heterocycles. The minimum atomic E-state index is -0.0376. The predicted octanol–water partition coefficient (Wildman–Crippen LogP) is 7.39. The summed E-state index contributed by atoms with van der Waals surface area (Å²) in [6.45, 7) is 12.6. The van der Waals surface area contributed by atoms with Crippen LogP contribution in [-0.2, 0) is 0 Å². The van der Waals surface area contributed by atoms with Gasteiger partial charge in [0, 0.05) is 0 Å². The molecule has 3 saturated carbocycles. The van der Waals surface area contributed by atoms with E-state index in [0.29, 0.717) is 10.8 Å². The van der Waals surface area contributed by atoms with Crippen LogP contribution in [-0.4, -0.2) is 11.2 Å². The minimum absolute atomic E-state index is 0.0376. The fraction of sp³-hybridized carbons (Fsp3) is 0.926. The normalized spacial score (nSPS) is 46.5. The van der Waals surface area contributed by atoms with Crippen molar-refractivity contribution < 1.29 is 5.11 Å². The first-order valence-corrected chi connectivity index (χ1v) is 12.6. The Bertz CT molecular complexity index is 591. The molecule has 28 heavy (non-hydrogen) atoms. The highest BCUT2D eigenvalue weighted by atomic mass is 16.3. The molecule has 1 heteroatoms. The highest BCUT2D eigenvalue weighted by Gasteiger charge is 2.58. The Labute approximate surface area is 174 Å². The van der Waals surface area contributed by atoms with Gasteiger partial charge in [-0.3, -0.25) is 0 Å². The predicted molar refractivity (Wildman–Crippen MR) is 119 cm³/mol. The Morgan fingerprint density at radius 1 is 0.964 bits per heavy atom. The minimum Gasteiger partial charge on any atom is -0.393 e. The fourth-order valence-electron chi connectivity index (χ4n) is 8.51. The van der Waals surface area contributed by atoms with Crippen LogP contribution in [0.3, 0.4) is 0 Å². The van der Waals surface area contributed by atoms with Gasteiger partial charge >= 0.3 is 0 Å². The molecule has 0 aromatic carbocycles. The molecule has 0 amide bonds. The Balaban J connectivity index is 1.50. The number of rotatable bonds is 5. The van der Waals surface area contributed by atoms with Crippen molar-refractivity contribution in [2.24, 2.45) is 46.3 Å². The van der Waals surface area contributed by atoms with Crippen molar-refractivity contribution in [1.29, 1.82) is 0 Å². The van der Waals surface area contributed by atoms with Crippen molar-refractivity contribution >= 4 is 0 Å². The second-order valence-electron chi connectivity index (χ2n) is 12.2. The molecule has 1 N–H and O–H groups in total. The zero-order chi connectivity index (χ0) is 20.1. The topological polar surface area (TPSA) is 20.2 Å². The number of aliphatic hydroxyl groups is 1. The van der Waals surface area contributed by atoms with E-state index in [0.717, 1.165) is 48.3 Å². The van der Waals surface area contributed by atoms with Crippen LogP contribution in [0.2, 0.25) is 0 Å². The highest BCUT2D eigenvalue weighted by Crippen LogP contribution is 2.66. The lowest BCUT2D eigenvalue weighted by molar-refractivity contribution is -0.0427. The lowest BCUT2D eigenvalue weighted by atomic mass is 9.47. The molecular formula is C27H46O. The second kappa shape index (κ2) is 7.75. The number of aliphatic hydroxyl groups excluding tert-OH is 1. The van der Waals surface area contributed by atoms with Crippen molar-refractivity contribution in [1.82, 2.24) is 0 Å². The van der Waals surface area contributed by atoms with Crippen molar-refractivity contribution in [2.45, 2.75) is 111 Å². The maximum Gasteiger partial charge on any atom is 0.0543 e. The SMILES string of the molecule is CC(C)CCC[C@@H](C)[C@@H]1CC[C@@H]2C3=CC[C@H]4C[C@H](O)CC[C@]4(C)[C@@H]3CC[C@]21C. The summed E-state index contributed by atoms with van der Waals surface area (Å²) in [7, 11) is 0. The standard InChI is InChI=1S/C27H46O/c1-18(2)7-6-8-19(3)23-11-12-24-22-10-9-20-17-21(28)13-15-26(20,4)25(22)14-16-27(23,24)5/h10,18-21,23-25,28H,6-9,11-17H2,1-5H3/t19-,20+,21-,23+,24-,25-,26+,27+/m1/s1. The summed E-state index contributed by atoms with van der Waals surface area (Å²) in [5.74, 6) is 5.07. The molecule has 3 fully saturated rings. The smallest absolute Gasteiger partial charge is 0.0543 e. The number of allylic oxidation sites excluding steroid dienone is 2. The van der Waals surface area contributed by atoms with Crippen molar-refractivity contribution in [3.63, 3.8) is 0 Å². The Morgan fingerprint density at radius 3 is 2.43 bits per heavy atom. The van der Waals surface area contributed by atoms with E-state index in [1.807, 2.05) is 5.57 Å². The fourth-order valence-corrected chi connectivity index (χ4v) is 8.51. The van der Waals surface area contributed by atoms with Crippen molar-refractivity contribution in [3.05, 3.63) is 11.6 Å². The lowest BCUT2D eigenvalue weighted by Crippen LogP contribution is -2.49. The van der Waals surface area contributed by atoms with E-state index >= 15 is 0 Å². The molecule has 0 aromatic rings. The van der Waals surface area contributed by atoms with Gasteiger partial charge in [0.05, 0.1) is 6.10 Å². The zero-order valence-corrected chi connectivity index (χ0v) is 19.3. The summed E-state index contributed by atoms with van der Waals surface area (Å²) in [5, 5.41) is 10.2. The van der Waals surface area contributed by atoms with Gasteiger partial charge in [0.2, 0.25) is 0 Å². The van der Waals surface area contributed by atoms with E-state index in [1.165, 1.54) is 57.8 Å². The summed E-state index contributed by atoms with van der Waals surface area (Å²) in [6.07, 6.45) is 17.2. The second-order valence-corrected chi connectivity index (χ2v) is 12.2. The van der Waals surface area contributed by atoms with E-state index < -0.39 is 0 Å². The first kappa shape index (κ1) is 21.0. The van der Waals surface area contributed by atoms with Gasteiger partial charge in [-0.25, -0.2) is 0 Å². The van der Waals surface area contributed by atoms with E-state index in [-0.39, 0.29) is 6.10 Å². The lowest BCUT2D eigenvalue weighted by Gasteiger charge is -2.57. The van der Waals surface area contributed by atoms with Gasteiger partial charge in [-0.05, 0) is 97.7 Å². The monoisotopic (exact) mass is 386 g/mol. The molecule has 0 spiro atoms. The van der Waals surface area contributed by atoms with E-state index in [4.69, 9.17) is 0 Å². The summed E-state index contributed by atoms with van der Waals surface area (Å²) < 4.78 is 0. The molecule has 160 valence electrons. The van der Waals surface area contributed by atoms with Gasteiger partial charge < -0.3 is 5.11 Å². The molecule has 0 radical (unpaired) electrons. The van der Waals surface area contributed by atoms with Crippen LogP contribution in [0, 0.1) is 46.3 Å². The van der Waals surface area contributed by atoms with E-state index in [1.54, 1.807) is 0 Å². The maximum atomic E-state index is 10.2. The average molecular weight is 387 g/mol. The van der Waals surface area contributed by atoms with Gasteiger partial charge in [-0.15, -0.1) is 0 Å². The van der Waals surface area contributed by atoms with Gasteiger partial charge in [-0.1, -0.05) is 65.5 Å². The summed E-state index contributed by atoms with van der Waals surface area (Å²) in [4.78, 5) is 0. The quantitative estimate of drug-likeness (QED) is 0.488. The van der Waals surface area contributed by atoms with Crippen LogP contribution in [0.5, 0.6) is 0 Å². The molecule has 4 aliphatic rings. The Kier molecular flexibility index (Phi) is 5.80. The number of hydrogen-bond acceptors (Lipinski definition) is 1. The van der Waals surface area contributed by atoms with Crippen LogP contribution in [0.4, 0.5) is 0 Å². The summed E-state index contributed by atoms with van der Waals surface area (Å²) >= 11 is 0. The number of hydrogen-bond donors (Lipinski definition) is 1. The van der Waals surface area contributed by atoms with Crippen LogP contribution in [0.25, 0.3) is 0 Å². The first-order chi connectivity index (χ1) is 13.3. The van der Waals surface area contributed by atoms with Crippen LogP contribution in [0.15, 0.2) is 11.6 Å². The van der Waals surface area contributed by atoms with Crippen LogP contribution < -0.4 is 0 Å². The van der Waals surface area contributed by atoms with Gasteiger partial charge in [0.15, 0.2) is 0 Å². The summed E-state index contributed by atoms with van der Waals surface area (Å²) in [6, 6.07) is 0. The molecule has 0 bridgehead atoms. The first-order valence-electron chi connectivity index (χ1n) is 12.6.